The summed E-state index contributed by atoms with van der Waals surface area (Å²) in [6.07, 6.45) is 2.22. The zero-order chi connectivity index (χ0) is 7.94. The molecule has 0 heterocycles. The molecular formula is C7H14O2S. The van der Waals surface area contributed by atoms with E-state index in [-0.39, 0.29) is 5.25 Å². The zero-order valence-corrected chi connectivity index (χ0v) is 7.48. The van der Waals surface area contributed by atoms with Gasteiger partial charge in [-0.25, -0.2) is 8.42 Å². The normalized spacial score (nSPS) is 32.8. The van der Waals surface area contributed by atoms with Crippen molar-refractivity contribution in [1.82, 2.24) is 0 Å². The molecule has 2 atom stereocenters. The van der Waals surface area contributed by atoms with E-state index < -0.39 is 9.84 Å². The van der Waals surface area contributed by atoms with Gasteiger partial charge in [0.05, 0.1) is 5.25 Å². The lowest BCUT2D eigenvalue weighted by Crippen LogP contribution is -2.08. The van der Waals surface area contributed by atoms with Crippen molar-refractivity contribution < 1.29 is 8.42 Å². The first-order valence-corrected chi connectivity index (χ1v) is 5.57. The van der Waals surface area contributed by atoms with E-state index in [0.29, 0.717) is 11.8 Å². The van der Waals surface area contributed by atoms with E-state index in [4.69, 9.17) is 0 Å². The van der Waals surface area contributed by atoms with E-state index in [1.165, 1.54) is 6.26 Å². The quantitative estimate of drug-likeness (QED) is 0.608. The summed E-state index contributed by atoms with van der Waals surface area (Å²) >= 11 is 0. The second-order valence-corrected chi connectivity index (χ2v) is 5.78. The SMILES string of the molecule is CC(C)[C@@H]1CC1S(C)(=O)=O. The maximum Gasteiger partial charge on any atom is 0.150 e. The lowest BCUT2D eigenvalue weighted by Gasteiger charge is -2.00. The molecule has 0 aliphatic heterocycles. The summed E-state index contributed by atoms with van der Waals surface area (Å²) in [5.41, 5.74) is 0. The van der Waals surface area contributed by atoms with Crippen LogP contribution in [0.5, 0.6) is 0 Å². The minimum absolute atomic E-state index is 0.0208. The van der Waals surface area contributed by atoms with Crippen molar-refractivity contribution in [2.75, 3.05) is 6.26 Å². The Morgan fingerprint density at radius 3 is 2.00 bits per heavy atom. The molecule has 1 fully saturated rings. The van der Waals surface area contributed by atoms with E-state index in [1.807, 2.05) is 0 Å². The van der Waals surface area contributed by atoms with Gasteiger partial charge in [-0.3, -0.25) is 0 Å². The summed E-state index contributed by atoms with van der Waals surface area (Å²) in [6, 6.07) is 0. The van der Waals surface area contributed by atoms with Crippen molar-refractivity contribution in [3.63, 3.8) is 0 Å². The Bertz CT molecular complexity index is 216. The average molecular weight is 162 g/mol. The summed E-state index contributed by atoms with van der Waals surface area (Å²) in [5.74, 6) is 0.967. The molecule has 0 aromatic heterocycles. The van der Waals surface area contributed by atoms with Crippen molar-refractivity contribution in [3.05, 3.63) is 0 Å². The molecule has 0 amide bonds. The molecule has 3 heteroatoms. The summed E-state index contributed by atoms with van der Waals surface area (Å²) in [5, 5.41) is -0.0208. The Morgan fingerprint density at radius 2 is 1.90 bits per heavy atom. The molecule has 2 nitrogen and oxygen atoms in total. The highest BCUT2D eigenvalue weighted by Gasteiger charge is 2.46. The molecular weight excluding hydrogens is 148 g/mol. The van der Waals surface area contributed by atoms with Gasteiger partial charge in [-0.2, -0.15) is 0 Å². The summed E-state index contributed by atoms with van der Waals surface area (Å²) < 4.78 is 21.8. The molecule has 60 valence electrons. The van der Waals surface area contributed by atoms with Crippen molar-refractivity contribution in [2.45, 2.75) is 25.5 Å². The van der Waals surface area contributed by atoms with Crippen molar-refractivity contribution in [3.8, 4) is 0 Å². The summed E-state index contributed by atoms with van der Waals surface area (Å²) in [6.45, 7) is 4.16. The molecule has 0 saturated heterocycles. The molecule has 0 N–H and O–H groups in total. The van der Waals surface area contributed by atoms with Crippen LogP contribution in [0.2, 0.25) is 0 Å². The molecule has 0 bridgehead atoms. The predicted octanol–water partition coefficient (Wildman–Crippen LogP) is 1.08. The van der Waals surface area contributed by atoms with Gasteiger partial charge < -0.3 is 0 Å². The molecule has 1 unspecified atom stereocenters. The lowest BCUT2D eigenvalue weighted by molar-refractivity contribution is 0.551. The Balaban J connectivity index is 2.55. The van der Waals surface area contributed by atoms with Gasteiger partial charge >= 0.3 is 0 Å². The average Bonchev–Trinajstić information content (AvgIpc) is 2.35. The van der Waals surface area contributed by atoms with Crippen LogP contribution in [0.3, 0.4) is 0 Å². The highest BCUT2D eigenvalue weighted by atomic mass is 32.2. The van der Waals surface area contributed by atoms with Gasteiger partial charge in [0.15, 0.2) is 9.84 Å². The third-order valence-electron chi connectivity index (χ3n) is 2.19. The van der Waals surface area contributed by atoms with Crippen LogP contribution in [0.15, 0.2) is 0 Å². The molecule has 0 aromatic carbocycles. The van der Waals surface area contributed by atoms with Crippen LogP contribution < -0.4 is 0 Å². The zero-order valence-electron chi connectivity index (χ0n) is 6.66. The number of hydrogen-bond donors (Lipinski definition) is 0. The highest BCUT2D eigenvalue weighted by molar-refractivity contribution is 7.91. The monoisotopic (exact) mass is 162 g/mol. The van der Waals surface area contributed by atoms with Gasteiger partial charge in [0.1, 0.15) is 0 Å². The van der Waals surface area contributed by atoms with Gasteiger partial charge in [-0.1, -0.05) is 13.8 Å². The van der Waals surface area contributed by atoms with Gasteiger partial charge in [-0.05, 0) is 18.3 Å². The van der Waals surface area contributed by atoms with Crippen LogP contribution in [-0.4, -0.2) is 19.9 Å². The summed E-state index contributed by atoms with van der Waals surface area (Å²) in [7, 11) is -2.72. The number of hydrogen-bond acceptors (Lipinski definition) is 2. The standard InChI is InChI=1S/C7H14O2S/c1-5(2)6-4-7(6)10(3,8)9/h5-7H,4H2,1-3H3/t6-,7?/m0/s1. The third-order valence-corrected chi connectivity index (χ3v) is 3.83. The fraction of sp³-hybridized carbons (Fsp3) is 1.00. The second kappa shape index (κ2) is 2.22. The Morgan fingerprint density at radius 1 is 1.40 bits per heavy atom. The smallest absolute Gasteiger partial charge is 0.150 e. The van der Waals surface area contributed by atoms with Crippen LogP contribution in [0.4, 0.5) is 0 Å². The maximum absolute atomic E-state index is 10.9. The first kappa shape index (κ1) is 8.05. The second-order valence-electron chi connectivity index (χ2n) is 3.51. The van der Waals surface area contributed by atoms with Gasteiger partial charge in [0, 0.05) is 6.26 Å². The highest BCUT2D eigenvalue weighted by Crippen LogP contribution is 2.42. The molecule has 1 saturated carbocycles. The van der Waals surface area contributed by atoms with Gasteiger partial charge in [0.25, 0.3) is 0 Å². The first-order chi connectivity index (χ1) is 4.43. The van der Waals surface area contributed by atoms with E-state index in [0.717, 1.165) is 6.42 Å². The van der Waals surface area contributed by atoms with Crippen LogP contribution in [0, 0.1) is 11.8 Å². The van der Waals surface area contributed by atoms with Crippen LogP contribution in [-0.2, 0) is 9.84 Å². The van der Waals surface area contributed by atoms with Crippen LogP contribution in [0.1, 0.15) is 20.3 Å². The van der Waals surface area contributed by atoms with Crippen LogP contribution >= 0.6 is 0 Å². The molecule has 0 radical (unpaired) electrons. The molecule has 1 aliphatic carbocycles. The third kappa shape index (κ3) is 1.51. The van der Waals surface area contributed by atoms with E-state index in [2.05, 4.69) is 13.8 Å². The van der Waals surface area contributed by atoms with Crippen molar-refractivity contribution >= 4 is 9.84 Å². The molecule has 1 rings (SSSR count). The predicted molar refractivity (Wildman–Crippen MR) is 41.6 cm³/mol. The largest absolute Gasteiger partial charge is 0.229 e. The fourth-order valence-electron chi connectivity index (χ4n) is 1.38. The topological polar surface area (TPSA) is 34.1 Å². The van der Waals surface area contributed by atoms with E-state index in [9.17, 15) is 8.42 Å². The Kier molecular flexibility index (Phi) is 1.79. The van der Waals surface area contributed by atoms with Gasteiger partial charge in [0.2, 0.25) is 0 Å². The number of rotatable bonds is 2. The minimum Gasteiger partial charge on any atom is -0.229 e. The molecule has 1 aliphatic rings. The molecule has 0 spiro atoms. The molecule has 0 aromatic rings. The van der Waals surface area contributed by atoms with Crippen molar-refractivity contribution in [2.24, 2.45) is 11.8 Å². The van der Waals surface area contributed by atoms with Crippen molar-refractivity contribution in [1.29, 1.82) is 0 Å². The van der Waals surface area contributed by atoms with Gasteiger partial charge in [-0.15, -0.1) is 0 Å². The van der Waals surface area contributed by atoms with Crippen LogP contribution in [0.25, 0.3) is 0 Å². The van der Waals surface area contributed by atoms with E-state index >= 15 is 0 Å². The number of sulfone groups is 1. The summed E-state index contributed by atoms with van der Waals surface area (Å²) in [4.78, 5) is 0. The Labute approximate surface area is 62.5 Å². The lowest BCUT2D eigenvalue weighted by atomic mass is 10.1. The molecule has 10 heavy (non-hydrogen) atoms. The minimum atomic E-state index is -2.72. The maximum atomic E-state index is 10.9. The Hall–Kier alpha value is -0.0500. The van der Waals surface area contributed by atoms with E-state index in [1.54, 1.807) is 0 Å². The fourth-order valence-corrected chi connectivity index (χ4v) is 2.90. The first-order valence-electron chi connectivity index (χ1n) is 3.62.